The topological polar surface area (TPSA) is 158 Å². The summed E-state index contributed by atoms with van der Waals surface area (Å²) in [6.45, 7) is 1.32. The summed E-state index contributed by atoms with van der Waals surface area (Å²) in [5.41, 5.74) is 3.88. The number of ether oxygens (including phenoxy) is 3. The quantitative estimate of drug-likeness (QED) is 0.150. The van der Waals surface area contributed by atoms with Crippen LogP contribution in [0.25, 0.3) is 5.57 Å². The van der Waals surface area contributed by atoms with E-state index >= 15 is 0 Å². The molecule has 0 saturated heterocycles. The standard InChI is InChI=1S/C28H30N2O4.C2H2O4/c1-32-27-13-8-21(18-28(27)33-2)15-17-30-19-24(31)20-34-25-11-9-23(10-12-25)26(14-16-29)22-6-4-3-5-7-22;3-1(4)2(5)6/h3-14,18,24,30-31H,15,17,19-20H2,1-2H3;(H,3,4)(H,5,6). The van der Waals surface area contributed by atoms with Crippen LogP contribution >= 0.6 is 0 Å². The molecule has 0 spiro atoms. The molecule has 4 N–H and O–H groups in total. The molecule has 0 aromatic heterocycles. The maximum Gasteiger partial charge on any atom is 0.414 e. The van der Waals surface area contributed by atoms with Crippen molar-refractivity contribution in [3.05, 3.63) is 95.6 Å². The van der Waals surface area contributed by atoms with Crippen molar-refractivity contribution >= 4 is 17.5 Å². The number of rotatable bonds is 12. The van der Waals surface area contributed by atoms with Crippen LogP contribution in [0.1, 0.15) is 16.7 Å². The molecule has 0 bridgehead atoms. The summed E-state index contributed by atoms with van der Waals surface area (Å²) in [5, 5.41) is 37.4. The zero-order chi connectivity index (χ0) is 29.3. The molecule has 0 saturated carbocycles. The van der Waals surface area contributed by atoms with Gasteiger partial charge in [0.25, 0.3) is 0 Å². The zero-order valence-electron chi connectivity index (χ0n) is 22.2. The highest BCUT2D eigenvalue weighted by molar-refractivity contribution is 6.27. The molecule has 210 valence electrons. The van der Waals surface area contributed by atoms with Gasteiger partial charge in [-0.15, -0.1) is 0 Å². The summed E-state index contributed by atoms with van der Waals surface area (Å²) in [6.07, 6.45) is 1.71. The van der Waals surface area contributed by atoms with E-state index in [0.717, 1.165) is 28.7 Å². The largest absolute Gasteiger partial charge is 0.493 e. The summed E-state index contributed by atoms with van der Waals surface area (Å²) >= 11 is 0. The van der Waals surface area contributed by atoms with Gasteiger partial charge in [0.2, 0.25) is 0 Å². The van der Waals surface area contributed by atoms with Gasteiger partial charge in [-0.1, -0.05) is 48.5 Å². The maximum absolute atomic E-state index is 10.3. The first-order valence-electron chi connectivity index (χ1n) is 12.2. The number of aliphatic hydroxyl groups is 1. The number of benzene rings is 3. The van der Waals surface area contributed by atoms with Crippen molar-refractivity contribution in [1.29, 1.82) is 5.26 Å². The Morgan fingerprint density at radius 2 is 1.55 bits per heavy atom. The molecule has 0 amide bonds. The van der Waals surface area contributed by atoms with Gasteiger partial charge in [0.05, 0.1) is 20.3 Å². The van der Waals surface area contributed by atoms with Crippen molar-refractivity contribution in [2.24, 2.45) is 0 Å². The molecule has 0 aliphatic rings. The molecule has 0 aliphatic carbocycles. The lowest BCUT2D eigenvalue weighted by molar-refractivity contribution is -0.159. The Bertz CT molecular complexity index is 1290. The third kappa shape index (κ3) is 10.5. The number of hydrogen-bond donors (Lipinski definition) is 4. The summed E-state index contributed by atoms with van der Waals surface area (Å²) in [6, 6.07) is 25.3. The van der Waals surface area contributed by atoms with Crippen LogP contribution in [-0.2, 0) is 16.0 Å². The van der Waals surface area contributed by atoms with Gasteiger partial charge in [-0.25, -0.2) is 9.59 Å². The van der Waals surface area contributed by atoms with Crippen molar-refractivity contribution in [1.82, 2.24) is 5.32 Å². The third-order valence-electron chi connectivity index (χ3n) is 5.50. The maximum atomic E-state index is 10.3. The average Bonchev–Trinajstić information content (AvgIpc) is 2.98. The number of aliphatic hydroxyl groups excluding tert-OH is 1. The molecular formula is C30H32N2O8. The molecule has 10 nitrogen and oxygen atoms in total. The van der Waals surface area contributed by atoms with E-state index < -0.39 is 18.0 Å². The number of nitriles is 1. The first kappa shape index (κ1) is 31.4. The minimum Gasteiger partial charge on any atom is -0.493 e. The lowest BCUT2D eigenvalue weighted by atomic mass is 9.98. The number of nitrogens with one attached hydrogen (secondary N) is 1. The number of carbonyl (C=O) groups is 2. The summed E-state index contributed by atoms with van der Waals surface area (Å²) in [7, 11) is 3.24. The van der Waals surface area contributed by atoms with Gasteiger partial charge in [-0.2, -0.15) is 5.26 Å². The smallest absolute Gasteiger partial charge is 0.414 e. The molecule has 1 atom stereocenters. The second kappa shape index (κ2) is 16.9. The minimum absolute atomic E-state index is 0.183. The van der Waals surface area contributed by atoms with Gasteiger partial charge in [0.1, 0.15) is 18.5 Å². The summed E-state index contributed by atoms with van der Waals surface area (Å²) < 4.78 is 16.3. The van der Waals surface area contributed by atoms with Crippen molar-refractivity contribution in [2.75, 3.05) is 33.9 Å². The Kier molecular flexibility index (Phi) is 13.2. The van der Waals surface area contributed by atoms with Crippen molar-refractivity contribution in [3.8, 4) is 23.3 Å². The first-order chi connectivity index (χ1) is 19.3. The van der Waals surface area contributed by atoms with Crippen molar-refractivity contribution in [3.63, 3.8) is 0 Å². The molecule has 0 radical (unpaired) electrons. The molecule has 40 heavy (non-hydrogen) atoms. The fourth-order valence-corrected chi connectivity index (χ4v) is 3.54. The second-order valence-corrected chi connectivity index (χ2v) is 8.30. The molecular weight excluding hydrogens is 516 g/mol. The van der Waals surface area contributed by atoms with Crippen LogP contribution in [0.4, 0.5) is 0 Å². The molecule has 0 fully saturated rings. The Hall–Kier alpha value is -4.85. The molecule has 0 aliphatic heterocycles. The van der Waals surface area contributed by atoms with Gasteiger partial charge in [0, 0.05) is 12.6 Å². The molecule has 3 rings (SSSR count). The highest BCUT2D eigenvalue weighted by Gasteiger charge is 2.09. The number of carboxylic acids is 2. The molecule has 3 aromatic carbocycles. The Balaban J connectivity index is 0.000000840. The van der Waals surface area contributed by atoms with E-state index in [1.807, 2.05) is 72.8 Å². The average molecular weight is 549 g/mol. The molecule has 3 aromatic rings. The van der Waals surface area contributed by atoms with Gasteiger partial charge in [-0.3, -0.25) is 0 Å². The number of aliphatic carboxylic acids is 2. The molecule has 10 heteroatoms. The Morgan fingerprint density at radius 1 is 0.925 bits per heavy atom. The van der Waals surface area contributed by atoms with Crippen LogP contribution in [0.3, 0.4) is 0 Å². The Morgan fingerprint density at radius 3 is 2.12 bits per heavy atom. The van der Waals surface area contributed by atoms with E-state index in [-0.39, 0.29) is 6.61 Å². The van der Waals surface area contributed by atoms with Crippen LogP contribution in [-0.4, -0.2) is 67.3 Å². The van der Waals surface area contributed by atoms with Crippen LogP contribution < -0.4 is 19.5 Å². The van der Waals surface area contributed by atoms with E-state index in [2.05, 4.69) is 11.4 Å². The number of allylic oxidation sites excluding steroid dienone is 1. The van der Waals surface area contributed by atoms with Crippen LogP contribution in [0, 0.1) is 11.3 Å². The van der Waals surface area contributed by atoms with E-state index in [1.54, 1.807) is 20.3 Å². The summed E-state index contributed by atoms with van der Waals surface area (Å²) in [4.78, 5) is 18.2. The number of hydrogen-bond acceptors (Lipinski definition) is 8. The van der Waals surface area contributed by atoms with Crippen LogP contribution in [0.15, 0.2) is 78.9 Å². The van der Waals surface area contributed by atoms with Gasteiger partial charge in [-0.05, 0) is 59.5 Å². The monoisotopic (exact) mass is 548 g/mol. The van der Waals surface area contributed by atoms with Crippen LogP contribution in [0.2, 0.25) is 0 Å². The van der Waals surface area contributed by atoms with Gasteiger partial charge < -0.3 is 34.8 Å². The minimum atomic E-state index is -1.82. The molecule has 0 heterocycles. The number of carboxylic acid groups (broad SMARTS) is 2. The predicted octanol–water partition coefficient (Wildman–Crippen LogP) is 3.39. The highest BCUT2D eigenvalue weighted by Crippen LogP contribution is 2.28. The fourth-order valence-electron chi connectivity index (χ4n) is 3.54. The van der Waals surface area contributed by atoms with Crippen molar-refractivity contribution < 1.29 is 39.1 Å². The van der Waals surface area contributed by atoms with Crippen LogP contribution in [0.5, 0.6) is 17.2 Å². The second-order valence-electron chi connectivity index (χ2n) is 8.30. The first-order valence-corrected chi connectivity index (χ1v) is 12.2. The van der Waals surface area contributed by atoms with E-state index in [0.29, 0.717) is 30.3 Å². The summed E-state index contributed by atoms with van der Waals surface area (Å²) in [5.74, 6) is -1.57. The number of nitrogens with zero attached hydrogens (tertiary/aromatic N) is 1. The van der Waals surface area contributed by atoms with Crippen molar-refractivity contribution in [2.45, 2.75) is 12.5 Å². The zero-order valence-corrected chi connectivity index (χ0v) is 22.2. The van der Waals surface area contributed by atoms with Gasteiger partial charge >= 0.3 is 11.9 Å². The number of methoxy groups -OCH3 is 2. The fraction of sp³-hybridized carbons (Fsp3) is 0.233. The lowest BCUT2D eigenvalue weighted by Crippen LogP contribution is -2.32. The predicted molar refractivity (Wildman–Crippen MR) is 148 cm³/mol. The molecule has 1 unspecified atom stereocenters. The SMILES string of the molecule is COc1ccc(CCNCC(O)COc2ccc(C(=CC#N)c3ccccc3)cc2)cc1OC.O=C(O)C(=O)O. The van der Waals surface area contributed by atoms with Gasteiger partial charge in [0.15, 0.2) is 11.5 Å². The third-order valence-corrected chi connectivity index (χ3v) is 5.50. The van der Waals surface area contributed by atoms with E-state index in [9.17, 15) is 5.11 Å². The highest BCUT2D eigenvalue weighted by atomic mass is 16.5. The van der Waals surface area contributed by atoms with E-state index in [4.69, 9.17) is 39.3 Å². The van der Waals surface area contributed by atoms with E-state index in [1.165, 1.54) is 0 Å². The Labute approximate surface area is 232 Å². The lowest BCUT2D eigenvalue weighted by Gasteiger charge is -2.14. The normalized spacial score (nSPS) is 11.3.